The molecule has 0 spiro atoms. The number of hydrogen-bond acceptors (Lipinski definition) is 22. The maximum Gasteiger partial charge on any atom is 0.274 e. The molecule has 2 aromatic rings. The highest BCUT2D eigenvalue weighted by molar-refractivity contribution is 8.14. The molecule has 3 rings (SSSR count). The molecule has 2 aromatic heterocycles. The predicted octanol–water partition coefficient (Wildman–Crippen LogP) is -0.845. The molecular formula is C32H50N7O17P3S-4. The Balaban J connectivity index is 1.43. The molecule has 1 fully saturated rings. The Hall–Kier alpha value is -2.70. The second-order valence-electron chi connectivity index (χ2n) is 14.8. The Morgan fingerprint density at radius 2 is 1.73 bits per heavy atom. The number of nitrogens with two attached hydrogens (primary N) is 1. The number of nitrogen functional groups attached to an aromatic ring is 1. The number of aliphatic hydroxyl groups is 2. The number of aliphatic hydroxyl groups excluding tert-OH is 2. The molecule has 1 saturated heterocycles. The van der Waals surface area contributed by atoms with Crippen LogP contribution < -0.4 is 35.9 Å². The minimum atomic E-state index is -5.92. The van der Waals surface area contributed by atoms with Crippen LogP contribution in [0.2, 0.25) is 0 Å². The van der Waals surface area contributed by atoms with E-state index in [0.29, 0.717) is 11.7 Å². The number of rotatable bonds is 25. The van der Waals surface area contributed by atoms with E-state index < -0.39 is 84.6 Å². The first-order valence-corrected chi connectivity index (χ1v) is 23.8. The molecule has 0 bridgehead atoms. The lowest BCUT2D eigenvalue weighted by atomic mass is 9.87. The quantitative estimate of drug-likeness (QED) is 0.0460. The summed E-state index contributed by atoms with van der Waals surface area (Å²) in [7, 11) is -17.6. The van der Waals surface area contributed by atoms with Crippen molar-refractivity contribution in [1.82, 2.24) is 30.2 Å². The smallest absolute Gasteiger partial charge is 0.274 e. The molecule has 28 heteroatoms. The number of imidazole rings is 1. The molecule has 1 aliphatic heterocycles. The van der Waals surface area contributed by atoms with Crippen molar-refractivity contribution >= 4 is 69.1 Å². The zero-order valence-corrected chi connectivity index (χ0v) is 36.8. The number of carbonyl (C=O) groups is 3. The minimum absolute atomic E-state index is 0.0210. The number of ether oxygens (including phenoxy) is 1. The fraction of sp³-hybridized carbons (Fsp3) is 0.688. The highest BCUT2D eigenvalue weighted by Gasteiger charge is 2.47. The van der Waals surface area contributed by atoms with Crippen molar-refractivity contribution < 1.29 is 80.5 Å². The first-order valence-electron chi connectivity index (χ1n) is 18.5. The topological polar surface area (TPSA) is 375 Å². The van der Waals surface area contributed by atoms with Gasteiger partial charge in [0.2, 0.25) is 16.9 Å². The van der Waals surface area contributed by atoms with E-state index in [9.17, 15) is 57.9 Å². The van der Waals surface area contributed by atoms with E-state index in [-0.39, 0.29) is 47.5 Å². The maximum atomic E-state index is 12.6. The largest absolute Gasteiger partial charge is 0.790 e. The van der Waals surface area contributed by atoms with Gasteiger partial charge in [0.05, 0.1) is 27.4 Å². The number of aromatic nitrogens is 4. The number of anilines is 1. The summed E-state index contributed by atoms with van der Waals surface area (Å²) in [4.78, 5) is 96.4. The highest BCUT2D eigenvalue weighted by Crippen LogP contribution is 2.56. The van der Waals surface area contributed by atoms with Crippen LogP contribution in [-0.4, -0.2) is 103 Å². The Labute approximate surface area is 349 Å². The Kier molecular flexibility index (Phi) is 19.4. The van der Waals surface area contributed by atoms with Crippen LogP contribution in [-0.2, 0) is 50.7 Å². The summed E-state index contributed by atoms with van der Waals surface area (Å²) >= 11 is 1.04. The number of carbonyl (C=O) groups excluding carboxylic acids is 3. The van der Waals surface area contributed by atoms with Gasteiger partial charge < -0.3 is 69.0 Å². The maximum absolute atomic E-state index is 12.6. The number of hydrogen-bond donors (Lipinski definition) is 5. The summed E-state index contributed by atoms with van der Waals surface area (Å²) in [6.45, 7) is 6.46. The lowest BCUT2D eigenvalue weighted by Gasteiger charge is -2.36. The summed E-state index contributed by atoms with van der Waals surface area (Å²) in [5, 5.41) is 26.2. The zero-order chi connectivity index (χ0) is 45.1. The molecule has 0 saturated carbocycles. The average Bonchev–Trinajstić information content (AvgIpc) is 3.70. The van der Waals surface area contributed by atoms with Gasteiger partial charge in [-0.05, 0) is 24.3 Å². The van der Waals surface area contributed by atoms with Gasteiger partial charge in [-0.1, -0.05) is 65.3 Å². The summed E-state index contributed by atoms with van der Waals surface area (Å²) in [6, 6.07) is 0. The van der Waals surface area contributed by atoms with Gasteiger partial charge in [0.15, 0.2) is 17.7 Å². The first-order chi connectivity index (χ1) is 27.8. The van der Waals surface area contributed by atoms with Crippen molar-refractivity contribution in [2.75, 3.05) is 37.8 Å². The number of phosphoric ester groups is 3. The zero-order valence-electron chi connectivity index (χ0n) is 33.3. The minimum Gasteiger partial charge on any atom is -0.790 e. The van der Waals surface area contributed by atoms with Gasteiger partial charge in [-0.2, -0.15) is 0 Å². The average molecular weight is 930 g/mol. The van der Waals surface area contributed by atoms with E-state index in [4.69, 9.17) is 10.5 Å². The highest BCUT2D eigenvalue weighted by atomic mass is 32.2. The molecule has 3 heterocycles. The van der Waals surface area contributed by atoms with Crippen molar-refractivity contribution in [2.45, 2.75) is 90.9 Å². The lowest BCUT2D eigenvalue weighted by molar-refractivity contribution is -0.347. The van der Waals surface area contributed by atoms with Crippen LogP contribution in [0.25, 0.3) is 11.2 Å². The van der Waals surface area contributed by atoms with Gasteiger partial charge >= 0.3 is 0 Å². The van der Waals surface area contributed by atoms with Crippen molar-refractivity contribution in [3.63, 3.8) is 0 Å². The van der Waals surface area contributed by atoms with Crippen molar-refractivity contribution in [3.8, 4) is 0 Å². The molecule has 340 valence electrons. The van der Waals surface area contributed by atoms with Crippen molar-refractivity contribution in [2.24, 2.45) is 17.3 Å². The molecular weight excluding hydrogens is 879 g/mol. The van der Waals surface area contributed by atoms with Gasteiger partial charge in [0.1, 0.15) is 36.3 Å². The fourth-order valence-electron chi connectivity index (χ4n) is 5.49. The summed E-state index contributed by atoms with van der Waals surface area (Å²) in [5.74, 6) is -0.329. The standard InChI is InChI=1S/C32H54N7O17P3S/c1-19(2)7-6-8-20(3)9-10-23(41)60-14-13-34-22(40)11-12-35-30(44)27(43)32(4,5)16-53-59(50,51)56-58(48,49)52-15-21-26(55-57(45,46)47)25(42)31(54-21)39-18-38-24-28(33)36-17-37-29(24)39/h9-10,17-21,25-27,31,42-43H,6-8,11-16H2,1-5H3,(H,34,40)(H,35,44)(H,48,49)(H,50,51)(H2,33,36,37)(H2,45,46,47)/p-4/b10-9+/t20-,21-,25-,26-,27+,31-/m1/s1. The van der Waals surface area contributed by atoms with Crippen molar-refractivity contribution in [1.29, 1.82) is 0 Å². The van der Waals surface area contributed by atoms with Crippen LogP contribution in [0.15, 0.2) is 24.8 Å². The van der Waals surface area contributed by atoms with E-state index in [1.165, 1.54) is 19.9 Å². The third kappa shape index (κ3) is 16.9. The molecule has 0 aliphatic carbocycles. The normalized spacial score (nSPS) is 21.8. The van der Waals surface area contributed by atoms with Crippen LogP contribution in [0.5, 0.6) is 0 Å². The van der Waals surface area contributed by atoms with Gasteiger partial charge in [0, 0.05) is 30.7 Å². The number of phosphoric acid groups is 3. The number of nitrogens with zero attached hydrogens (tertiary/aromatic N) is 4. The molecule has 1 aliphatic rings. The monoisotopic (exact) mass is 929 g/mol. The molecule has 0 radical (unpaired) electrons. The van der Waals surface area contributed by atoms with Gasteiger partial charge in [0.25, 0.3) is 15.6 Å². The Morgan fingerprint density at radius 1 is 1.05 bits per heavy atom. The summed E-state index contributed by atoms with van der Waals surface area (Å²) < 4.78 is 60.6. The number of allylic oxidation sites excluding steroid dienone is 1. The molecule has 2 amide bonds. The van der Waals surface area contributed by atoms with E-state index in [0.717, 1.165) is 48.2 Å². The number of fused-ring (bicyclic) bond motifs is 1. The summed E-state index contributed by atoms with van der Waals surface area (Å²) in [6.07, 6.45) is -1.00. The van der Waals surface area contributed by atoms with Gasteiger partial charge in [-0.15, -0.1) is 0 Å². The predicted molar refractivity (Wildman–Crippen MR) is 205 cm³/mol. The van der Waals surface area contributed by atoms with E-state index in [1.54, 1.807) is 0 Å². The van der Waals surface area contributed by atoms with E-state index in [1.807, 2.05) is 13.0 Å². The molecule has 0 aromatic carbocycles. The second-order valence-corrected chi connectivity index (χ2v) is 20.0. The van der Waals surface area contributed by atoms with Crippen LogP contribution >= 0.6 is 35.2 Å². The molecule has 24 nitrogen and oxygen atoms in total. The first kappa shape index (κ1) is 51.6. The number of thioether (sulfide) groups is 1. The molecule has 6 N–H and O–H groups in total. The van der Waals surface area contributed by atoms with E-state index in [2.05, 4.69) is 57.3 Å². The van der Waals surface area contributed by atoms with Crippen LogP contribution in [0, 0.1) is 17.3 Å². The summed E-state index contributed by atoms with van der Waals surface area (Å²) in [5.41, 5.74) is 4.07. The molecule has 8 atom stereocenters. The van der Waals surface area contributed by atoms with E-state index >= 15 is 0 Å². The SMILES string of the molecule is CC(C)CCC[C@@H](C)/C=C/C(=O)SCCNC(=O)CCNC(=O)[C@H](O)C(C)(C)COP(=O)([O-])OP(=O)([O-])OC[C@H]1O[C@@H](n2cnc3c(N)ncnc32)[C@H](O)[C@@H]1OP(=O)([O-])[O-]. The fourth-order valence-corrected chi connectivity index (χ4v) is 8.81. The Morgan fingerprint density at radius 3 is 2.40 bits per heavy atom. The number of amides is 2. The van der Waals surface area contributed by atoms with Crippen LogP contribution in [0.3, 0.4) is 0 Å². The Bertz CT molecular complexity index is 1950. The van der Waals surface area contributed by atoms with Crippen LogP contribution in [0.1, 0.15) is 66.5 Å². The van der Waals surface area contributed by atoms with Crippen LogP contribution in [0.4, 0.5) is 5.82 Å². The third-order valence-corrected chi connectivity index (χ3v) is 12.6. The number of nitrogens with one attached hydrogen (secondary N) is 2. The second kappa shape index (κ2) is 22.6. The molecule has 2 unspecified atom stereocenters. The third-order valence-electron chi connectivity index (χ3n) is 8.72. The van der Waals surface area contributed by atoms with Gasteiger partial charge in [-0.25, -0.2) is 19.3 Å². The van der Waals surface area contributed by atoms with Gasteiger partial charge in [-0.3, -0.25) is 28.1 Å². The van der Waals surface area contributed by atoms with Crippen molar-refractivity contribution in [3.05, 3.63) is 24.8 Å². The lowest BCUT2D eigenvalue weighted by Crippen LogP contribution is -2.46. The molecule has 60 heavy (non-hydrogen) atoms.